The lowest BCUT2D eigenvalue weighted by Gasteiger charge is -2.09. The minimum atomic E-state index is -4.54. The lowest BCUT2D eigenvalue weighted by atomic mass is 10.2. The summed E-state index contributed by atoms with van der Waals surface area (Å²) in [6.07, 6.45) is -3.82. The predicted octanol–water partition coefficient (Wildman–Crippen LogP) is 3.23. The summed E-state index contributed by atoms with van der Waals surface area (Å²) < 4.78 is 42.2. The molecule has 0 saturated carbocycles. The fourth-order valence-corrected chi connectivity index (χ4v) is 2.00. The van der Waals surface area contributed by atoms with E-state index in [4.69, 9.17) is 16.0 Å². The molecule has 1 amide bonds. The molecule has 2 heterocycles. The van der Waals surface area contributed by atoms with Gasteiger partial charge in [-0.05, 0) is 12.1 Å². The van der Waals surface area contributed by atoms with Crippen molar-refractivity contribution in [2.24, 2.45) is 0 Å². The van der Waals surface area contributed by atoms with E-state index in [0.29, 0.717) is 6.20 Å². The topological polar surface area (TPSA) is 98.3 Å². The third-order valence-electron chi connectivity index (χ3n) is 2.89. The van der Waals surface area contributed by atoms with Crippen LogP contribution >= 0.6 is 11.6 Å². The smallest absolute Gasteiger partial charge is 0.395 e. The average molecular weight is 364 g/mol. The fraction of sp³-hybridized carbons (Fsp3) is 0.231. The molecule has 0 aliphatic carbocycles. The van der Waals surface area contributed by atoms with Crippen molar-refractivity contribution in [1.82, 2.24) is 10.3 Å². The summed E-state index contributed by atoms with van der Waals surface area (Å²) in [5, 5.41) is 12.7. The van der Waals surface area contributed by atoms with E-state index >= 15 is 0 Å². The molecule has 0 radical (unpaired) electrons. The zero-order valence-electron chi connectivity index (χ0n) is 11.8. The minimum absolute atomic E-state index is 0.00537. The highest BCUT2D eigenvalue weighted by Crippen LogP contribution is 2.31. The van der Waals surface area contributed by atoms with Crippen molar-refractivity contribution in [1.29, 1.82) is 0 Å². The molecule has 0 atom stereocenters. The monoisotopic (exact) mass is 363 g/mol. The first-order valence-electron chi connectivity index (χ1n) is 6.42. The van der Waals surface area contributed by atoms with Crippen molar-refractivity contribution in [2.75, 3.05) is 6.54 Å². The van der Waals surface area contributed by atoms with Crippen molar-refractivity contribution in [2.45, 2.75) is 12.6 Å². The first-order valence-corrected chi connectivity index (χ1v) is 6.80. The Balaban J connectivity index is 1.94. The Labute approximate surface area is 137 Å². The number of carbonyl (C=O) groups excluding carboxylic acids is 1. The second-order valence-corrected chi connectivity index (χ2v) is 4.96. The Kier molecular flexibility index (Phi) is 5.07. The number of aromatic nitrogens is 1. The molecule has 0 aliphatic rings. The summed E-state index contributed by atoms with van der Waals surface area (Å²) in [5.74, 6) is -1.54. The molecule has 0 aromatic carbocycles. The van der Waals surface area contributed by atoms with Gasteiger partial charge in [-0.2, -0.15) is 13.2 Å². The summed E-state index contributed by atoms with van der Waals surface area (Å²) >= 11 is 5.74. The van der Waals surface area contributed by atoms with E-state index in [2.05, 4.69) is 10.3 Å². The summed E-state index contributed by atoms with van der Waals surface area (Å²) in [7, 11) is 0. The van der Waals surface area contributed by atoms with Crippen LogP contribution in [0.5, 0.6) is 0 Å². The van der Waals surface area contributed by atoms with Crippen LogP contribution in [0.15, 0.2) is 28.8 Å². The molecular formula is C13H9ClF3N3O4. The van der Waals surface area contributed by atoms with E-state index in [9.17, 15) is 28.1 Å². The van der Waals surface area contributed by atoms with Crippen LogP contribution in [0.3, 0.4) is 0 Å². The van der Waals surface area contributed by atoms with Crippen molar-refractivity contribution in [3.8, 4) is 0 Å². The number of furan rings is 1. The van der Waals surface area contributed by atoms with Crippen LogP contribution < -0.4 is 5.32 Å². The van der Waals surface area contributed by atoms with Crippen molar-refractivity contribution < 1.29 is 27.3 Å². The summed E-state index contributed by atoms with van der Waals surface area (Å²) in [4.78, 5) is 25.0. The van der Waals surface area contributed by atoms with Gasteiger partial charge in [0.25, 0.3) is 5.91 Å². The Morgan fingerprint density at radius 2 is 2.12 bits per heavy atom. The Morgan fingerprint density at radius 1 is 1.42 bits per heavy atom. The van der Waals surface area contributed by atoms with Crippen LogP contribution in [0.4, 0.5) is 19.1 Å². The second-order valence-electron chi connectivity index (χ2n) is 4.55. The molecule has 2 aromatic heterocycles. The number of amides is 1. The largest absolute Gasteiger partial charge is 0.433 e. The molecule has 0 bridgehead atoms. The maximum atomic E-state index is 12.5. The Morgan fingerprint density at radius 3 is 2.67 bits per heavy atom. The molecule has 24 heavy (non-hydrogen) atoms. The van der Waals surface area contributed by atoms with Gasteiger partial charge in [0.1, 0.15) is 4.92 Å². The molecule has 0 spiro atoms. The van der Waals surface area contributed by atoms with E-state index < -0.39 is 28.5 Å². The number of pyridine rings is 1. The minimum Gasteiger partial charge on any atom is -0.395 e. The standard InChI is InChI=1S/C13H9ClF3N3O4/c14-8-5-7(13(15,16)17)6-19-9(8)3-4-18-12(21)10-1-2-11(24-10)20(22)23/h1-2,5-6H,3-4H2,(H,18,21). The molecule has 2 aromatic rings. The molecule has 0 aliphatic heterocycles. The van der Waals surface area contributed by atoms with Crippen LogP contribution in [-0.4, -0.2) is 22.4 Å². The number of halogens is 4. The first kappa shape index (κ1) is 17.7. The van der Waals surface area contributed by atoms with E-state index in [1.54, 1.807) is 0 Å². The number of nitrogens with zero attached hydrogens (tertiary/aromatic N) is 2. The van der Waals surface area contributed by atoms with Gasteiger partial charge >= 0.3 is 12.1 Å². The molecule has 2 rings (SSSR count). The zero-order valence-corrected chi connectivity index (χ0v) is 12.5. The molecule has 7 nitrogen and oxygen atoms in total. The van der Waals surface area contributed by atoms with Crippen LogP contribution in [-0.2, 0) is 12.6 Å². The summed E-state index contributed by atoms with van der Waals surface area (Å²) in [6, 6.07) is 2.92. The molecule has 0 fully saturated rings. The van der Waals surface area contributed by atoms with Crippen LogP contribution in [0, 0.1) is 10.1 Å². The van der Waals surface area contributed by atoms with Gasteiger partial charge in [0.15, 0.2) is 5.76 Å². The Hall–Kier alpha value is -2.62. The molecular weight excluding hydrogens is 355 g/mol. The highest BCUT2D eigenvalue weighted by atomic mass is 35.5. The van der Waals surface area contributed by atoms with Gasteiger partial charge in [-0.15, -0.1) is 0 Å². The van der Waals surface area contributed by atoms with E-state index in [1.165, 1.54) is 0 Å². The maximum Gasteiger partial charge on any atom is 0.433 e. The fourth-order valence-electron chi connectivity index (χ4n) is 1.73. The lowest BCUT2D eigenvalue weighted by molar-refractivity contribution is -0.402. The van der Waals surface area contributed by atoms with E-state index in [1.807, 2.05) is 0 Å². The summed E-state index contributed by atoms with van der Waals surface area (Å²) in [6.45, 7) is 0.00537. The van der Waals surface area contributed by atoms with Gasteiger partial charge in [-0.1, -0.05) is 11.6 Å². The van der Waals surface area contributed by atoms with Gasteiger partial charge in [0.05, 0.1) is 22.3 Å². The lowest BCUT2D eigenvalue weighted by Crippen LogP contribution is -2.25. The van der Waals surface area contributed by atoms with Gasteiger partial charge in [-0.3, -0.25) is 19.9 Å². The van der Waals surface area contributed by atoms with Gasteiger partial charge < -0.3 is 9.73 Å². The molecule has 1 N–H and O–H groups in total. The number of nitro groups is 1. The number of nitrogens with one attached hydrogen (secondary N) is 1. The van der Waals surface area contributed by atoms with Crippen molar-refractivity contribution >= 4 is 23.4 Å². The second kappa shape index (κ2) is 6.87. The van der Waals surface area contributed by atoms with Crippen LogP contribution in [0.2, 0.25) is 5.02 Å². The molecule has 11 heteroatoms. The van der Waals surface area contributed by atoms with E-state index in [-0.39, 0.29) is 29.4 Å². The third kappa shape index (κ3) is 4.22. The normalized spacial score (nSPS) is 11.3. The molecule has 0 unspecified atom stereocenters. The number of hydrogen-bond acceptors (Lipinski definition) is 5. The van der Waals surface area contributed by atoms with Gasteiger partial charge in [-0.25, -0.2) is 0 Å². The SMILES string of the molecule is O=C(NCCc1ncc(C(F)(F)F)cc1Cl)c1ccc([N+](=O)[O-])o1. The first-order chi connectivity index (χ1) is 11.2. The Bertz CT molecular complexity index is 776. The maximum absolute atomic E-state index is 12.5. The van der Waals surface area contributed by atoms with Crippen LogP contribution in [0.1, 0.15) is 21.8 Å². The number of carbonyl (C=O) groups is 1. The van der Waals surface area contributed by atoms with Gasteiger partial charge in [0.2, 0.25) is 0 Å². The van der Waals surface area contributed by atoms with Crippen molar-refractivity contribution in [3.05, 3.63) is 56.6 Å². The molecule has 128 valence electrons. The van der Waals surface area contributed by atoms with Crippen molar-refractivity contribution in [3.63, 3.8) is 0 Å². The highest BCUT2D eigenvalue weighted by molar-refractivity contribution is 6.31. The number of alkyl halides is 3. The zero-order chi connectivity index (χ0) is 17.9. The number of hydrogen-bond donors (Lipinski definition) is 1. The quantitative estimate of drug-likeness (QED) is 0.649. The number of rotatable bonds is 5. The van der Waals surface area contributed by atoms with Gasteiger partial charge in [0, 0.05) is 19.2 Å². The highest BCUT2D eigenvalue weighted by Gasteiger charge is 2.31. The van der Waals surface area contributed by atoms with E-state index in [0.717, 1.165) is 18.2 Å². The van der Waals surface area contributed by atoms with Crippen LogP contribution in [0.25, 0.3) is 0 Å². The third-order valence-corrected chi connectivity index (χ3v) is 3.21. The molecule has 0 saturated heterocycles. The predicted molar refractivity (Wildman–Crippen MR) is 75.6 cm³/mol. The average Bonchev–Trinajstić information content (AvgIpc) is 2.98. The summed E-state index contributed by atoms with van der Waals surface area (Å²) in [5.41, 5.74) is -0.793.